The van der Waals surface area contributed by atoms with Crippen molar-refractivity contribution in [3.05, 3.63) is 62.0 Å². The van der Waals surface area contributed by atoms with Crippen molar-refractivity contribution < 1.29 is 14.3 Å². The van der Waals surface area contributed by atoms with Gasteiger partial charge in [-0.15, -0.1) is 5.92 Å². The molecule has 0 amide bonds. The fourth-order valence-electron chi connectivity index (χ4n) is 3.54. The summed E-state index contributed by atoms with van der Waals surface area (Å²) in [5, 5.41) is 9.13. The van der Waals surface area contributed by atoms with Crippen molar-refractivity contribution in [1.82, 2.24) is 9.13 Å². The van der Waals surface area contributed by atoms with Gasteiger partial charge in [0.05, 0.1) is 18.7 Å². The van der Waals surface area contributed by atoms with Crippen molar-refractivity contribution >= 4 is 11.8 Å². The summed E-state index contributed by atoms with van der Waals surface area (Å²) in [6.45, 7) is 2.49. The normalized spacial score (nSPS) is 16.1. The Morgan fingerprint density at radius 2 is 2.07 bits per heavy atom. The largest absolute Gasteiger partial charge is 0.478 e. The van der Waals surface area contributed by atoms with Gasteiger partial charge in [-0.2, -0.15) is 0 Å². The standard InChI is InChI=1S/C21H23FN4O4/c1-2-3-9-25-18(24-8-4-5-16(23)13-24)11-19(27)26(21(25)30)12-15-10-14(20(28)29)6-7-17(15)22/h6-7,10-11,16H,4-5,8-9,12-13,23H2,1H3,(H,28,29)/t16-/m1/s1. The smallest absolute Gasteiger partial charge is 0.335 e. The Morgan fingerprint density at radius 3 is 2.73 bits per heavy atom. The first-order valence-electron chi connectivity index (χ1n) is 9.58. The van der Waals surface area contributed by atoms with Gasteiger partial charge in [-0.25, -0.2) is 14.0 Å². The molecule has 1 aliphatic rings. The number of nitrogens with zero attached hydrogens (tertiary/aromatic N) is 3. The van der Waals surface area contributed by atoms with Gasteiger partial charge >= 0.3 is 11.7 Å². The highest BCUT2D eigenvalue weighted by Gasteiger charge is 2.22. The lowest BCUT2D eigenvalue weighted by Crippen LogP contribution is -2.48. The summed E-state index contributed by atoms with van der Waals surface area (Å²) in [5.74, 6) is 4.07. The first-order valence-corrected chi connectivity index (χ1v) is 9.58. The minimum absolute atomic E-state index is 0.0602. The highest BCUT2D eigenvalue weighted by atomic mass is 19.1. The van der Waals surface area contributed by atoms with Crippen molar-refractivity contribution in [2.75, 3.05) is 18.0 Å². The van der Waals surface area contributed by atoms with E-state index in [4.69, 9.17) is 10.8 Å². The number of aromatic carboxylic acids is 1. The Bertz CT molecular complexity index is 1140. The molecule has 8 nitrogen and oxygen atoms in total. The third kappa shape index (κ3) is 4.44. The lowest BCUT2D eigenvalue weighted by molar-refractivity contribution is 0.0696. The van der Waals surface area contributed by atoms with Crippen LogP contribution in [0.15, 0.2) is 33.9 Å². The summed E-state index contributed by atoms with van der Waals surface area (Å²) in [5.41, 5.74) is 4.62. The van der Waals surface area contributed by atoms with Crippen LogP contribution >= 0.6 is 0 Å². The fourth-order valence-corrected chi connectivity index (χ4v) is 3.54. The molecular formula is C21H23FN4O4. The van der Waals surface area contributed by atoms with Gasteiger partial charge in [0.25, 0.3) is 5.56 Å². The van der Waals surface area contributed by atoms with E-state index in [9.17, 15) is 18.8 Å². The number of carbonyl (C=O) groups is 1. The van der Waals surface area contributed by atoms with Crippen LogP contribution in [0.4, 0.5) is 10.2 Å². The van der Waals surface area contributed by atoms with Gasteiger partial charge in [-0.3, -0.25) is 13.9 Å². The molecular weight excluding hydrogens is 391 g/mol. The molecule has 1 saturated heterocycles. The second kappa shape index (κ2) is 8.97. The number of benzene rings is 1. The monoisotopic (exact) mass is 414 g/mol. The minimum atomic E-state index is -1.23. The Balaban J connectivity index is 2.09. The number of piperidine rings is 1. The highest BCUT2D eigenvalue weighted by molar-refractivity contribution is 5.87. The third-order valence-electron chi connectivity index (χ3n) is 5.07. The maximum Gasteiger partial charge on any atom is 0.335 e. The van der Waals surface area contributed by atoms with Crippen LogP contribution < -0.4 is 21.9 Å². The van der Waals surface area contributed by atoms with Crippen LogP contribution in [0.1, 0.15) is 35.7 Å². The number of hydrogen-bond donors (Lipinski definition) is 2. The third-order valence-corrected chi connectivity index (χ3v) is 5.07. The van der Waals surface area contributed by atoms with E-state index in [0.29, 0.717) is 18.9 Å². The molecule has 30 heavy (non-hydrogen) atoms. The molecule has 1 atom stereocenters. The zero-order valence-corrected chi connectivity index (χ0v) is 16.6. The molecule has 0 bridgehead atoms. The lowest BCUT2D eigenvalue weighted by atomic mass is 10.1. The summed E-state index contributed by atoms with van der Waals surface area (Å²) in [6, 6.07) is 4.53. The molecule has 0 saturated carbocycles. The number of carboxylic acids is 1. The van der Waals surface area contributed by atoms with Crippen LogP contribution in [-0.2, 0) is 13.1 Å². The van der Waals surface area contributed by atoms with Gasteiger partial charge in [0.1, 0.15) is 11.6 Å². The van der Waals surface area contributed by atoms with Crippen LogP contribution in [0.3, 0.4) is 0 Å². The summed E-state index contributed by atoms with van der Waals surface area (Å²) >= 11 is 0. The van der Waals surface area contributed by atoms with Crippen molar-refractivity contribution in [2.24, 2.45) is 5.73 Å². The lowest BCUT2D eigenvalue weighted by Gasteiger charge is -2.33. The maximum absolute atomic E-state index is 14.2. The van der Waals surface area contributed by atoms with Gasteiger partial charge in [0.15, 0.2) is 0 Å². The number of carboxylic acid groups (broad SMARTS) is 1. The van der Waals surface area contributed by atoms with Crippen molar-refractivity contribution in [3.8, 4) is 11.8 Å². The van der Waals surface area contributed by atoms with Crippen LogP contribution in [-0.4, -0.2) is 39.3 Å². The van der Waals surface area contributed by atoms with Crippen LogP contribution in [0.2, 0.25) is 0 Å². The number of rotatable bonds is 5. The van der Waals surface area contributed by atoms with Gasteiger partial charge in [-0.1, -0.05) is 5.92 Å². The molecule has 0 radical (unpaired) electrons. The Labute approximate surface area is 172 Å². The zero-order valence-electron chi connectivity index (χ0n) is 16.6. The number of aromatic nitrogens is 2. The van der Waals surface area contributed by atoms with Gasteiger partial charge < -0.3 is 15.7 Å². The van der Waals surface area contributed by atoms with E-state index in [2.05, 4.69) is 11.8 Å². The average molecular weight is 414 g/mol. The molecule has 0 aliphatic carbocycles. The van der Waals surface area contributed by atoms with E-state index in [1.54, 1.807) is 6.92 Å². The quantitative estimate of drug-likeness (QED) is 0.702. The zero-order chi connectivity index (χ0) is 21.8. The molecule has 1 aromatic heterocycles. The summed E-state index contributed by atoms with van der Waals surface area (Å²) in [7, 11) is 0. The number of halogens is 1. The highest BCUT2D eigenvalue weighted by Crippen LogP contribution is 2.17. The number of anilines is 1. The SMILES string of the molecule is CC#CCn1c(N2CCC[C@@H](N)C2)cc(=O)n(Cc2cc(C(=O)O)ccc2F)c1=O. The number of hydrogen-bond acceptors (Lipinski definition) is 5. The molecule has 1 fully saturated rings. The first-order chi connectivity index (χ1) is 14.3. The molecule has 3 N–H and O–H groups in total. The topological polar surface area (TPSA) is 111 Å². The van der Waals surface area contributed by atoms with E-state index >= 15 is 0 Å². The van der Waals surface area contributed by atoms with Gasteiger partial charge in [0, 0.05) is 30.8 Å². The molecule has 2 aromatic rings. The predicted molar refractivity (Wildman–Crippen MR) is 110 cm³/mol. The second-order valence-electron chi connectivity index (χ2n) is 7.18. The van der Waals surface area contributed by atoms with Crippen LogP contribution in [0.25, 0.3) is 0 Å². The molecule has 158 valence electrons. The summed E-state index contributed by atoms with van der Waals surface area (Å²) in [4.78, 5) is 39.0. The van der Waals surface area contributed by atoms with E-state index in [-0.39, 0.29) is 30.3 Å². The van der Waals surface area contributed by atoms with Gasteiger partial charge in [-0.05, 0) is 38.0 Å². The maximum atomic E-state index is 14.2. The minimum Gasteiger partial charge on any atom is -0.478 e. The Hall–Kier alpha value is -3.38. The Kier molecular flexibility index (Phi) is 6.37. The average Bonchev–Trinajstić information content (AvgIpc) is 2.71. The van der Waals surface area contributed by atoms with Crippen molar-refractivity contribution in [1.29, 1.82) is 0 Å². The van der Waals surface area contributed by atoms with Crippen molar-refractivity contribution in [3.63, 3.8) is 0 Å². The molecule has 0 unspecified atom stereocenters. The summed E-state index contributed by atoms with van der Waals surface area (Å²) < 4.78 is 16.5. The number of nitrogens with two attached hydrogens (primary N) is 1. The van der Waals surface area contributed by atoms with E-state index in [1.807, 2.05) is 4.90 Å². The molecule has 0 spiro atoms. The summed E-state index contributed by atoms with van der Waals surface area (Å²) in [6.07, 6.45) is 1.71. The molecule has 1 aliphatic heterocycles. The van der Waals surface area contributed by atoms with E-state index in [1.165, 1.54) is 10.6 Å². The predicted octanol–water partition coefficient (Wildman–Crippen LogP) is 0.846. The second-order valence-corrected chi connectivity index (χ2v) is 7.18. The molecule has 3 rings (SSSR count). The van der Waals surface area contributed by atoms with Crippen LogP contribution in [0, 0.1) is 17.7 Å². The van der Waals surface area contributed by atoms with Gasteiger partial charge in [0.2, 0.25) is 0 Å². The van der Waals surface area contributed by atoms with Crippen molar-refractivity contribution in [2.45, 2.75) is 38.9 Å². The fraction of sp³-hybridized carbons (Fsp3) is 0.381. The molecule has 1 aromatic carbocycles. The van der Waals surface area contributed by atoms with Crippen LogP contribution in [0.5, 0.6) is 0 Å². The molecule has 2 heterocycles. The van der Waals surface area contributed by atoms with E-state index in [0.717, 1.165) is 35.6 Å². The van der Waals surface area contributed by atoms with E-state index < -0.39 is 23.0 Å². The molecule has 9 heteroatoms. The Morgan fingerprint density at radius 1 is 1.30 bits per heavy atom. The first kappa shape index (κ1) is 21.3.